The van der Waals surface area contributed by atoms with Gasteiger partial charge in [-0.2, -0.15) is 0 Å². The first-order valence-corrected chi connectivity index (χ1v) is 12.1. The number of furan rings is 1. The molecule has 154 valence electrons. The van der Waals surface area contributed by atoms with E-state index in [0.717, 1.165) is 11.4 Å². The fraction of sp³-hybridized carbons (Fsp3) is 0.421. The zero-order valence-electron chi connectivity index (χ0n) is 16.5. The molecule has 3 aromatic rings. The number of hydrogen-bond acceptors (Lipinski definition) is 7. The summed E-state index contributed by atoms with van der Waals surface area (Å²) in [5.41, 5.74) is 2.37. The zero-order valence-corrected chi connectivity index (χ0v) is 18.1. The lowest BCUT2D eigenvalue weighted by molar-refractivity contribution is 0.102. The van der Waals surface area contributed by atoms with Crippen molar-refractivity contribution in [3.63, 3.8) is 0 Å². The Morgan fingerprint density at radius 3 is 2.79 bits per heavy atom. The van der Waals surface area contributed by atoms with Gasteiger partial charge in [0.25, 0.3) is 0 Å². The Bertz CT molecular complexity index is 1160. The fourth-order valence-electron chi connectivity index (χ4n) is 3.87. The van der Waals surface area contributed by atoms with E-state index in [1.165, 1.54) is 11.8 Å². The number of thioether (sulfide) groups is 1. The van der Waals surface area contributed by atoms with Crippen molar-refractivity contribution in [3.05, 3.63) is 41.4 Å². The van der Waals surface area contributed by atoms with Crippen LogP contribution in [0.4, 0.5) is 0 Å². The maximum atomic E-state index is 12.9. The van der Waals surface area contributed by atoms with E-state index in [1.54, 1.807) is 16.9 Å². The van der Waals surface area contributed by atoms with Gasteiger partial charge in [-0.05, 0) is 38.5 Å². The van der Waals surface area contributed by atoms with Gasteiger partial charge in [0.05, 0.1) is 23.5 Å². The highest BCUT2D eigenvalue weighted by molar-refractivity contribution is 7.99. The first kappa shape index (κ1) is 20.0. The molecule has 1 fully saturated rings. The van der Waals surface area contributed by atoms with Crippen molar-refractivity contribution >= 4 is 27.4 Å². The molecule has 0 N–H and O–H groups in total. The maximum absolute atomic E-state index is 12.9. The minimum Gasteiger partial charge on any atom is -0.461 e. The molecule has 0 spiro atoms. The van der Waals surface area contributed by atoms with Crippen LogP contribution in [0.2, 0.25) is 0 Å². The Morgan fingerprint density at radius 2 is 2.14 bits per heavy atom. The van der Waals surface area contributed by atoms with Gasteiger partial charge in [-0.1, -0.05) is 11.8 Å². The molecule has 3 aromatic heterocycles. The topological polar surface area (TPSA) is 100.0 Å². The van der Waals surface area contributed by atoms with Crippen LogP contribution in [-0.4, -0.2) is 50.8 Å². The average Bonchev–Trinajstić information content (AvgIpc) is 3.42. The number of aryl methyl sites for hydroxylation is 1. The number of Topliss-reactive ketones (excluding diaryl/α,β-unsaturated/α-hetero) is 1. The Hall–Kier alpha value is -2.33. The second-order valence-electron chi connectivity index (χ2n) is 7.27. The molecule has 10 heteroatoms. The second-order valence-corrected chi connectivity index (χ2v) is 10.4. The van der Waals surface area contributed by atoms with Gasteiger partial charge in [0.1, 0.15) is 0 Å². The van der Waals surface area contributed by atoms with Crippen LogP contribution in [-0.2, 0) is 16.9 Å². The fourth-order valence-corrected chi connectivity index (χ4v) is 6.36. The molecule has 1 aliphatic heterocycles. The Morgan fingerprint density at radius 1 is 1.34 bits per heavy atom. The molecular weight excluding hydrogens is 412 g/mol. The van der Waals surface area contributed by atoms with E-state index in [4.69, 9.17) is 4.42 Å². The van der Waals surface area contributed by atoms with Crippen LogP contribution in [0.25, 0.3) is 11.6 Å². The van der Waals surface area contributed by atoms with Crippen LogP contribution in [0, 0.1) is 13.8 Å². The van der Waals surface area contributed by atoms with Crippen LogP contribution in [0.15, 0.2) is 34.0 Å². The highest BCUT2D eigenvalue weighted by atomic mass is 32.2. The predicted molar refractivity (Wildman–Crippen MR) is 110 cm³/mol. The largest absolute Gasteiger partial charge is 0.461 e. The first-order chi connectivity index (χ1) is 13.8. The highest BCUT2D eigenvalue weighted by Crippen LogP contribution is 2.30. The van der Waals surface area contributed by atoms with Gasteiger partial charge in [-0.15, -0.1) is 10.2 Å². The van der Waals surface area contributed by atoms with Crippen molar-refractivity contribution in [2.24, 2.45) is 7.05 Å². The number of carbonyl (C=O) groups is 1. The molecule has 0 bridgehead atoms. The minimum absolute atomic E-state index is 0.0160. The number of aromatic nitrogens is 4. The molecule has 4 rings (SSSR count). The lowest BCUT2D eigenvalue weighted by Crippen LogP contribution is -2.14. The third-order valence-corrected chi connectivity index (χ3v) is 8.04. The molecular formula is C19H22N4O4S2. The monoisotopic (exact) mass is 434 g/mol. The minimum atomic E-state index is -2.99. The van der Waals surface area contributed by atoms with Gasteiger partial charge in [-0.3, -0.25) is 4.79 Å². The molecule has 0 aromatic carbocycles. The average molecular weight is 435 g/mol. The van der Waals surface area contributed by atoms with Crippen molar-refractivity contribution in [1.82, 2.24) is 19.3 Å². The molecule has 0 aliphatic carbocycles. The lowest BCUT2D eigenvalue weighted by Gasteiger charge is -2.16. The number of carbonyl (C=O) groups excluding carboxylic acids is 1. The quantitative estimate of drug-likeness (QED) is 0.434. The normalized spacial score (nSPS) is 18.4. The summed E-state index contributed by atoms with van der Waals surface area (Å²) in [4.78, 5) is 12.9. The predicted octanol–water partition coefficient (Wildman–Crippen LogP) is 2.83. The van der Waals surface area contributed by atoms with Gasteiger partial charge < -0.3 is 13.6 Å². The molecule has 0 amide bonds. The summed E-state index contributed by atoms with van der Waals surface area (Å²) >= 11 is 1.32. The third-order valence-electron chi connectivity index (χ3n) is 5.27. The molecule has 1 unspecified atom stereocenters. The number of hydrogen-bond donors (Lipinski definition) is 0. The van der Waals surface area contributed by atoms with Crippen molar-refractivity contribution in [2.45, 2.75) is 31.5 Å². The van der Waals surface area contributed by atoms with E-state index in [1.807, 2.05) is 37.6 Å². The lowest BCUT2D eigenvalue weighted by atomic mass is 10.2. The molecule has 0 radical (unpaired) electrons. The van der Waals surface area contributed by atoms with Gasteiger partial charge in [0.15, 0.2) is 32.4 Å². The highest BCUT2D eigenvalue weighted by Gasteiger charge is 2.31. The van der Waals surface area contributed by atoms with E-state index in [2.05, 4.69) is 10.2 Å². The summed E-state index contributed by atoms with van der Waals surface area (Å²) < 4.78 is 32.9. The van der Waals surface area contributed by atoms with Gasteiger partial charge in [-0.25, -0.2) is 8.42 Å². The van der Waals surface area contributed by atoms with Gasteiger partial charge >= 0.3 is 0 Å². The van der Waals surface area contributed by atoms with Crippen LogP contribution in [0.1, 0.15) is 34.2 Å². The summed E-state index contributed by atoms with van der Waals surface area (Å²) in [6.07, 6.45) is 2.17. The summed E-state index contributed by atoms with van der Waals surface area (Å²) in [5.74, 6) is 1.77. The van der Waals surface area contributed by atoms with E-state index in [-0.39, 0.29) is 29.1 Å². The third kappa shape index (κ3) is 3.78. The SMILES string of the molecule is Cc1cc(C(=O)CSc2nnc(-c3ccco3)n2C)c(C)n1C1CCS(=O)(=O)C1. The molecule has 4 heterocycles. The summed E-state index contributed by atoms with van der Waals surface area (Å²) in [6.45, 7) is 3.80. The van der Waals surface area contributed by atoms with Crippen LogP contribution >= 0.6 is 11.8 Å². The van der Waals surface area contributed by atoms with Gasteiger partial charge in [0, 0.05) is 30.0 Å². The van der Waals surface area contributed by atoms with Gasteiger partial charge in [0.2, 0.25) is 0 Å². The van der Waals surface area contributed by atoms with E-state index >= 15 is 0 Å². The molecule has 0 saturated carbocycles. The number of sulfone groups is 1. The summed E-state index contributed by atoms with van der Waals surface area (Å²) in [5, 5.41) is 8.92. The van der Waals surface area contributed by atoms with Crippen LogP contribution < -0.4 is 0 Å². The maximum Gasteiger partial charge on any atom is 0.200 e. The Kier molecular flexibility index (Phi) is 5.16. The number of rotatable bonds is 6. The number of nitrogens with zero attached hydrogens (tertiary/aromatic N) is 4. The summed E-state index contributed by atoms with van der Waals surface area (Å²) in [7, 11) is -1.16. The first-order valence-electron chi connectivity index (χ1n) is 9.25. The molecule has 29 heavy (non-hydrogen) atoms. The standard InChI is InChI=1S/C19H22N4O4S2/c1-12-9-15(13(2)23(12)14-6-8-29(25,26)11-14)16(24)10-28-19-21-20-18(22(19)3)17-5-4-7-27-17/h4-5,7,9,14H,6,8,10-11H2,1-3H3. The summed E-state index contributed by atoms with van der Waals surface area (Å²) in [6, 6.07) is 5.35. The van der Waals surface area contributed by atoms with Crippen LogP contribution in [0.3, 0.4) is 0 Å². The zero-order chi connectivity index (χ0) is 20.8. The molecule has 8 nitrogen and oxygen atoms in total. The smallest absolute Gasteiger partial charge is 0.200 e. The van der Waals surface area contributed by atoms with Crippen molar-refractivity contribution < 1.29 is 17.6 Å². The molecule has 1 atom stereocenters. The van der Waals surface area contributed by atoms with E-state index in [0.29, 0.717) is 28.7 Å². The Labute approximate surface area is 173 Å². The van der Waals surface area contributed by atoms with Crippen molar-refractivity contribution in [2.75, 3.05) is 17.3 Å². The van der Waals surface area contributed by atoms with E-state index < -0.39 is 9.84 Å². The molecule has 1 aliphatic rings. The van der Waals surface area contributed by atoms with Crippen LogP contribution in [0.5, 0.6) is 0 Å². The number of ketones is 1. The van der Waals surface area contributed by atoms with E-state index in [9.17, 15) is 13.2 Å². The Balaban J connectivity index is 1.49. The second kappa shape index (κ2) is 7.49. The van der Waals surface area contributed by atoms with Crippen molar-refractivity contribution in [1.29, 1.82) is 0 Å². The molecule has 1 saturated heterocycles. The van der Waals surface area contributed by atoms with Crippen molar-refractivity contribution in [3.8, 4) is 11.6 Å².